The van der Waals surface area contributed by atoms with E-state index in [0.717, 1.165) is 82.5 Å². The molecule has 0 aromatic heterocycles. The molecule has 2 N–H and O–H groups in total. The molecule has 0 unspecified atom stereocenters. The summed E-state index contributed by atoms with van der Waals surface area (Å²) in [4.78, 5) is 17.5. The number of likely N-dealkylation sites (N-methyl/N-ethyl adjacent to an activating group) is 1. The lowest BCUT2D eigenvalue weighted by Gasteiger charge is -2.32. The number of aryl methyl sites for hydroxylation is 2. The number of carbonyl (C=O) groups excluding carboxylic acids is 1. The molecule has 33 heavy (non-hydrogen) atoms. The van der Waals surface area contributed by atoms with Crippen molar-refractivity contribution >= 4 is 21.7 Å². The average molecular weight is 469 g/mol. The van der Waals surface area contributed by atoms with Gasteiger partial charge in [0.2, 0.25) is 0 Å². The van der Waals surface area contributed by atoms with Crippen molar-refractivity contribution in [2.24, 2.45) is 0 Å². The molecule has 7 nitrogen and oxygen atoms in total. The van der Waals surface area contributed by atoms with E-state index in [1.165, 1.54) is 22.3 Å². The summed E-state index contributed by atoms with van der Waals surface area (Å²) in [6, 6.07) is 8.43. The van der Waals surface area contributed by atoms with Crippen LogP contribution in [0.5, 0.6) is 0 Å². The highest BCUT2D eigenvalue weighted by Crippen LogP contribution is 2.38. The Hall–Kier alpha value is -2.42. The number of benzene rings is 2. The Balaban J connectivity index is 1.26. The number of rotatable bonds is 5. The van der Waals surface area contributed by atoms with Crippen molar-refractivity contribution in [1.29, 1.82) is 0 Å². The van der Waals surface area contributed by atoms with Gasteiger partial charge in [0.25, 0.3) is 10.0 Å². The Morgan fingerprint density at radius 2 is 1.52 bits per heavy atom. The third kappa shape index (κ3) is 4.78. The summed E-state index contributed by atoms with van der Waals surface area (Å²) in [7, 11) is -1.82. The maximum atomic E-state index is 12.8. The zero-order chi connectivity index (χ0) is 23.0. The minimum absolute atomic E-state index is 0.100. The van der Waals surface area contributed by atoms with Gasteiger partial charge in [0.05, 0.1) is 4.90 Å². The van der Waals surface area contributed by atoms with Crippen molar-refractivity contribution in [2.75, 3.05) is 38.5 Å². The highest BCUT2D eigenvalue weighted by Gasteiger charge is 2.26. The minimum Gasteiger partial charge on any atom is -0.307 e. The monoisotopic (exact) mass is 468 g/mol. The van der Waals surface area contributed by atoms with E-state index in [1.54, 1.807) is 12.1 Å². The molecule has 1 aliphatic heterocycles. The Kier molecular flexibility index (Phi) is 6.16. The van der Waals surface area contributed by atoms with Gasteiger partial charge in [0.15, 0.2) is 0 Å². The van der Waals surface area contributed by atoms with Gasteiger partial charge in [-0.05, 0) is 85.5 Å². The molecule has 2 amide bonds. The number of amides is 2. The van der Waals surface area contributed by atoms with E-state index in [2.05, 4.69) is 33.0 Å². The Morgan fingerprint density at radius 3 is 2.12 bits per heavy atom. The number of nitrogens with one attached hydrogen (secondary N) is 2. The zero-order valence-corrected chi connectivity index (χ0v) is 20.0. The summed E-state index contributed by atoms with van der Waals surface area (Å²) in [5.41, 5.74) is 6.86. The Bertz CT molecular complexity index is 1120. The lowest BCUT2D eigenvalue weighted by atomic mass is 9.99. The third-order valence-electron chi connectivity index (χ3n) is 7.17. The molecule has 8 heteroatoms. The van der Waals surface area contributed by atoms with Crippen molar-refractivity contribution in [3.8, 4) is 0 Å². The van der Waals surface area contributed by atoms with Gasteiger partial charge in [-0.25, -0.2) is 17.9 Å². The van der Waals surface area contributed by atoms with Crippen LogP contribution in [0, 0.1) is 0 Å². The van der Waals surface area contributed by atoms with Gasteiger partial charge in [-0.15, -0.1) is 0 Å². The molecular formula is C25H32N4O3S. The largest absolute Gasteiger partial charge is 0.333 e. The number of sulfonamides is 1. The number of nitrogens with zero attached hydrogens (tertiary/aromatic N) is 2. The first-order valence-electron chi connectivity index (χ1n) is 11.9. The summed E-state index contributed by atoms with van der Waals surface area (Å²) >= 11 is 0. The summed E-state index contributed by atoms with van der Waals surface area (Å²) < 4.78 is 27.9. The molecule has 2 aliphatic carbocycles. The fourth-order valence-electron chi connectivity index (χ4n) is 5.33. The predicted molar refractivity (Wildman–Crippen MR) is 129 cm³/mol. The highest BCUT2D eigenvalue weighted by molar-refractivity contribution is 7.90. The molecule has 1 saturated heterocycles. The van der Waals surface area contributed by atoms with Crippen LogP contribution in [-0.2, 0) is 42.3 Å². The van der Waals surface area contributed by atoms with Crippen molar-refractivity contribution in [3.63, 3.8) is 0 Å². The highest BCUT2D eigenvalue weighted by atomic mass is 32.2. The normalized spacial score (nSPS) is 18.7. The van der Waals surface area contributed by atoms with E-state index >= 15 is 0 Å². The van der Waals surface area contributed by atoms with Gasteiger partial charge in [0, 0.05) is 38.4 Å². The van der Waals surface area contributed by atoms with Crippen molar-refractivity contribution in [1.82, 2.24) is 14.5 Å². The van der Waals surface area contributed by atoms with Gasteiger partial charge in [-0.1, -0.05) is 18.2 Å². The van der Waals surface area contributed by atoms with Crippen LogP contribution < -0.4 is 10.0 Å². The van der Waals surface area contributed by atoms with Crippen LogP contribution in [0.2, 0.25) is 0 Å². The standard InChI is InChI=1S/C25H32N4O3S/c1-28-12-14-29(15-13-28)17-18-8-10-21(11-9-18)33(31,32)27-25(30)26-24-22-6-2-4-19(22)16-20-5-3-7-23(20)24/h8-11,16H,2-7,12-15,17H2,1H3,(H2,26,27,30). The first kappa shape index (κ1) is 22.4. The Labute approximate surface area is 196 Å². The van der Waals surface area contributed by atoms with Crippen LogP contribution in [0.15, 0.2) is 35.2 Å². The zero-order valence-electron chi connectivity index (χ0n) is 19.2. The molecule has 0 saturated carbocycles. The molecule has 2 aromatic rings. The van der Waals surface area contributed by atoms with Crippen LogP contribution >= 0.6 is 0 Å². The number of piperazine rings is 1. The third-order valence-corrected chi connectivity index (χ3v) is 8.52. The minimum atomic E-state index is -3.95. The molecular weight excluding hydrogens is 436 g/mol. The van der Waals surface area contributed by atoms with Crippen LogP contribution in [0.1, 0.15) is 40.7 Å². The summed E-state index contributed by atoms with van der Waals surface area (Å²) in [6.07, 6.45) is 6.06. The smallest absolute Gasteiger partial charge is 0.307 e. The lowest BCUT2D eigenvalue weighted by molar-refractivity contribution is 0.148. The number of anilines is 1. The molecule has 1 fully saturated rings. The summed E-state index contributed by atoms with van der Waals surface area (Å²) in [6.45, 7) is 4.89. The maximum Gasteiger partial charge on any atom is 0.333 e. The molecule has 0 bridgehead atoms. The predicted octanol–water partition coefficient (Wildman–Crippen LogP) is 2.92. The molecule has 1 heterocycles. The van der Waals surface area contributed by atoms with E-state index in [9.17, 15) is 13.2 Å². The molecule has 0 spiro atoms. The molecule has 3 aliphatic rings. The number of carbonyl (C=O) groups is 1. The van der Waals surface area contributed by atoms with E-state index < -0.39 is 16.1 Å². The second-order valence-corrected chi connectivity index (χ2v) is 11.2. The average Bonchev–Trinajstić information content (AvgIpc) is 3.45. The van der Waals surface area contributed by atoms with Gasteiger partial charge in [-0.3, -0.25) is 4.90 Å². The van der Waals surface area contributed by atoms with Crippen molar-refractivity contribution in [2.45, 2.75) is 50.0 Å². The topological polar surface area (TPSA) is 81.8 Å². The van der Waals surface area contributed by atoms with Gasteiger partial charge in [-0.2, -0.15) is 0 Å². The van der Waals surface area contributed by atoms with E-state index in [4.69, 9.17) is 0 Å². The lowest BCUT2D eigenvalue weighted by Crippen LogP contribution is -2.43. The second kappa shape index (κ2) is 9.08. The maximum absolute atomic E-state index is 12.8. The van der Waals surface area contributed by atoms with E-state index in [-0.39, 0.29) is 4.90 Å². The van der Waals surface area contributed by atoms with Crippen molar-refractivity contribution in [3.05, 3.63) is 58.1 Å². The molecule has 0 radical (unpaired) electrons. The molecule has 2 aromatic carbocycles. The van der Waals surface area contributed by atoms with E-state index in [0.29, 0.717) is 0 Å². The number of urea groups is 1. The van der Waals surface area contributed by atoms with Gasteiger partial charge < -0.3 is 10.2 Å². The molecule has 176 valence electrons. The quantitative estimate of drug-likeness (QED) is 0.705. The van der Waals surface area contributed by atoms with Crippen LogP contribution in [0.3, 0.4) is 0 Å². The molecule has 5 rings (SSSR count). The number of hydrogen-bond acceptors (Lipinski definition) is 5. The van der Waals surface area contributed by atoms with Crippen LogP contribution in [0.25, 0.3) is 0 Å². The second-order valence-electron chi connectivity index (χ2n) is 9.52. The fraction of sp³-hybridized carbons (Fsp3) is 0.480. The van der Waals surface area contributed by atoms with Gasteiger partial charge in [0.1, 0.15) is 0 Å². The van der Waals surface area contributed by atoms with E-state index in [1.807, 2.05) is 12.1 Å². The van der Waals surface area contributed by atoms with Crippen molar-refractivity contribution < 1.29 is 13.2 Å². The first-order chi connectivity index (χ1) is 15.9. The molecule has 0 atom stereocenters. The van der Waals surface area contributed by atoms with Crippen LogP contribution in [-0.4, -0.2) is 57.5 Å². The van der Waals surface area contributed by atoms with Gasteiger partial charge >= 0.3 is 6.03 Å². The Morgan fingerprint density at radius 1 is 0.909 bits per heavy atom. The summed E-state index contributed by atoms with van der Waals surface area (Å²) in [5.74, 6) is 0. The SMILES string of the molecule is CN1CCN(Cc2ccc(S(=O)(=O)NC(=O)Nc3c4c(cc5c3CCC5)CCC4)cc2)CC1. The number of hydrogen-bond donors (Lipinski definition) is 2. The number of fused-ring (bicyclic) bond motifs is 2. The van der Waals surface area contributed by atoms with Crippen LogP contribution in [0.4, 0.5) is 10.5 Å². The fourth-order valence-corrected chi connectivity index (χ4v) is 6.23. The summed E-state index contributed by atoms with van der Waals surface area (Å²) in [5, 5.41) is 2.90. The first-order valence-corrected chi connectivity index (χ1v) is 13.4.